The summed E-state index contributed by atoms with van der Waals surface area (Å²) in [5, 5.41) is 0. The second-order valence-electron chi connectivity index (χ2n) is 11.9. The van der Waals surface area contributed by atoms with Crippen molar-refractivity contribution in [1.82, 2.24) is 0 Å². The molecule has 0 radical (unpaired) electrons. The van der Waals surface area contributed by atoms with Gasteiger partial charge in [0.05, 0.1) is 12.0 Å². The van der Waals surface area contributed by atoms with Crippen LogP contribution in [0.3, 0.4) is 0 Å². The average molecular weight is 481 g/mol. The predicted molar refractivity (Wildman–Crippen MR) is 152 cm³/mol. The highest BCUT2D eigenvalue weighted by Crippen LogP contribution is 2.46. The SMILES string of the molecule is C/C(=C\c1ccc(C(C=O)c2ccc(OC(C)C)cc2)cc1)c1ccc2c(c1)C(C)(C)CCC2(C)C. The zero-order valence-electron chi connectivity index (χ0n) is 22.9. The van der Waals surface area contributed by atoms with Gasteiger partial charge < -0.3 is 9.53 Å². The molecule has 1 atom stereocenters. The Morgan fingerprint density at radius 1 is 0.806 bits per heavy atom. The van der Waals surface area contributed by atoms with Crippen molar-refractivity contribution in [2.45, 2.75) is 84.2 Å². The van der Waals surface area contributed by atoms with Gasteiger partial charge in [0.25, 0.3) is 0 Å². The Hall–Kier alpha value is -3.13. The van der Waals surface area contributed by atoms with Crippen molar-refractivity contribution in [3.63, 3.8) is 0 Å². The van der Waals surface area contributed by atoms with Gasteiger partial charge in [0, 0.05) is 0 Å². The van der Waals surface area contributed by atoms with Crippen molar-refractivity contribution in [3.05, 3.63) is 100 Å². The van der Waals surface area contributed by atoms with E-state index < -0.39 is 0 Å². The zero-order valence-corrected chi connectivity index (χ0v) is 22.9. The highest BCUT2D eigenvalue weighted by atomic mass is 16.5. The maximum absolute atomic E-state index is 12.0. The first kappa shape index (κ1) is 25.9. The Kier molecular flexibility index (Phi) is 7.27. The van der Waals surface area contributed by atoms with Gasteiger partial charge in [-0.15, -0.1) is 0 Å². The molecular formula is C34H40O2. The Balaban J connectivity index is 1.56. The van der Waals surface area contributed by atoms with E-state index in [0.29, 0.717) is 0 Å². The van der Waals surface area contributed by atoms with Crippen LogP contribution in [-0.4, -0.2) is 12.4 Å². The third-order valence-corrected chi connectivity index (χ3v) is 7.73. The van der Waals surface area contributed by atoms with Crippen LogP contribution >= 0.6 is 0 Å². The first-order chi connectivity index (χ1) is 17.0. The van der Waals surface area contributed by atoms with Gasteiger partial charge in [-0.1, -0.05) is 88.4 Å². The third kappa shape index (κ3) is 5.48. The molecule has 2 heteroatoms. The molecule has 4 rings (SSSR count). The fourth-order valence-electron chi connectivity index (χ4n) is 5.34. The van der Waals surface area contributed by atoms with Crippen molar-refractivity contribution < 1.29 is 9.53 Å². The van der Waals surface area contributed by atoms with Gasteiger partial charge in [-0.05, 0) is 95.5 Å². The van der Waals surface area contributed by atoms with Gasteiger partial charge in [0.2, 0.25) is 0 Å². The van der Waals surface area contributed by atoms with Crippen LogP contribution in [0, 0.1) is 0 Å². The summed E-state index contributed by atoms with van der Waals surface area (Å²) in [7, 11) is 0. The molecular weight excluding hydrogens is 440 g/mol. The predicted octanol–water partition coefficient (Wildman–Crippen LogP) is 8.71. The van der Waals surface area contributed by atoms with E-state index in [1.165, 1.54) is 35.1 Å². The van der Waals surface area contributed by atoms with E-state index in [9.17, 15) is 4.79 Å². The lowest BCUT2D eigenvalue weighted by Gasteiger charge is -2.42. The first-order valence-corrected chi connectivity index (χ1v) is 13.2. The second-order valence-corrected chi connectivity index (χ2v) is 11.9. The number of hydrogen-bond acceptors (Lipinski definition) is 2. The van der Waals surface area contributed by atoms with Crippen molar-refractivity contribution in [1.29, 1.82) is 0 Å². The summed E-state index contributed by atoms with van der Waals surface area (Å²) in [6.07, 6.45) is 5.82. The molecule has 0 spiro atoms. The lowest BCUT2D eigenvalue weighted by molar-refractivity contribution is -0.108. The van der Waals surface area contributed by atoms with Gasteiger partial charge in [-0.3, -0.25) is 0 Å². The van der Waals surface area contributed by atoms with E-state index in [2.05, 4.69) is 83.2 Å². The fraction of sp³-hybridized carbons (Fsp3) is 0.382. The molecule has 0 N–H and O–H groups in total. The molecule has 0 aromatic heterocycles. The monoisotopic (exact) mass is 480 g/mol. The summed E-state index contributed by atoms with van der Waals surface area (Å²) in [5.74, 6) is 0.534. The first-order valence-electron chi connectivity index (χ1n) is 13.2. The van der Waals surface area contributed by atoms with Crippen molar-refractivity contribution in [2.75, 3.05) is 0 Å². The van der Waals surface area contributed by atoms with Crippen LogP contribution in [0.5, 0.6) is 5.75 Å². The molecule has 0 fully saturated rings. The van der Waals surface area contributed by atoms with Crippen molar-refractivity contribution in [3.8, 4) is 5.75 Å². The van der Waals surface area contributed by atoms with Crippen LogP contribution in [-0.2, 0) is 15.6 Å². The number of ether oxygens (including phenoxy) is 1. The summed E-state index contributed by atoms with van der Waals surface area (Å²) >= 11 is 0. The normalized spacial score (nSPS) is 17.4. The number of fused-ring (bicyclic) bond motifs is 1. The molecule has 0 aliphatic heterocycles. The Morgan fingerprint density at radius 3 is 1.92 bits per heavy atom. The topological polar surface area (TPSA) is 26.3 Å². The third-order valence-electron chi connectivity index (χ3n) is 7.73. The maximum Gasteiger partial charge on any atom is 0.131 e. The molecule has 1 aliphatic carbocycles. The number of aldehydes is 1. The highest BCUT2D eigenvalue weighted by Gasteiger charge is 2.36. The Bertz CT molecular complexity index is 1240. The smallest absolute Gasteiger partial charge is 0.131 e. The van der Waals surface area contributed by atoms with E-state index in [1.54, 1.807) is 0 Å². The molecule has 0 saturated heterocycles. The molecule has 0 saturated carbocycles. The van der Waals surface area contributed by atoms with Gasteiger partial charge >= 0.3 is 0 Å². The average Bonchev–Trinajstić information content (AvgIpc) is 2.84. The largest absolute Gasteiger partial charge is 0.491 e. The maximum atomic E-state index is 12.0. The van der Waals surface area contributed by atoms with Crippen LogP contribution in [0.15, 0.2) is 66.7 Å². The second kappa shape index (κ2) is 10.1. The van der Waals surface area contributed by atoms with Crippen LogP contribution in [0.25, 0.3) is 11.6 Å². The number of hydrogen-bond donors (Lipinski definition) is 0. The molecule has 2 nitrogen and oxygen atoms in total. The summed E-state index contributed by atoms with van der Waals surface area (Å²) in [5.41, 5.74) is 9.03. The molecule has 1 aliphatic rings. The number of allylic oxidation sites excluding steroid dienone is 1. The Morgan fingerprint density at radius 2 is 1.36 bits per heavy atom. The lowest BCUT2D eigenvalue weighted by atomic mass is 9.63. The van der Waals surface area contributed by atoms with Gasteiger partial charge in [-0.25, -0.2) is 0 Å². The number of carbonyl (C=O) groups excluding carboxylic acids is 1. The van der Waals surface area contributed by atoms with E-state index in [0.717, 1.165) is 28.7 Å². The molecule has 0 amide bonds. The van der Waals surface area contributed by atoms with E-state index >= 15 is 0 Å². The van der Waals surface area contributed by atoms with Crippen LogP contribution < -0.4 is 4.74 Å². The number of carbonyl (C=O) groups is 1. The van der Waals surface area contributed by atoms with E-state index in [1.807, 2.05) is 38.1 Å². The van der Waals surface area contributed by atoms with Crippen LogP contribution in [0.1, 0.15) is 101 Å². The molecule has 3 aromatic carbocycles. The van der Waals surface area contributed by atoms with Gasteiger partial charge in [-0.2, -0.15) is 0 Å². The van der Waals surface area contributed by atoms with E-state index in [4.69, 9.17) is 4.74 Å². The Labute approximate surface area is 217 Å². The van der Waals surface area contributed by atoms with Gasteiger partial charge in [0.15, 0.2) is 0 Å². The van der Waals surface area contributed by atoms with Crippen molar-refractivity contribution in [2.24, 2.45) is 0 Å². The van der Waals surface area contributed by atoms with E-state index in [-0.39, 0.29) is 22.9 Å². The quantitative estimate of drug-likeness (QED) is 0.250. The molecule has 1 unspecified atom stereocenters. The molecule has 36 heavy (non-hydrogen) atoms. The highest BCUT2D eigenvalue weighted by molar-refractivity contribution is 5.81. The van der Waals surface area contributed by atoms with Crippen molar-refractivity contribution >= 4 is 17.9 Å². The minimum atomic E-state index is -0.288. The minimum absolute atomic E-state index is 0.126. The fourth-order valence-corrected chi connectivity index (χ4v) is 5.34. The van der Waals surface area contributed by atoms with Crippen LogP contribution in [0.2, 0.25) is 0 Å². The summed E-state index contributed by atoms with van der Waals surface area (Å²) in [4.78, 5) is 12.0. The minimum Gasteiger partial charge on any atom is -0.491 e. The zero-order chi connectivity index (χ0) is 26.1. The number of rotatable bonds is 7. The molecule has 0 bridgehead atoms. The summed E-state index contributed by atoms with van der Waals surface area (Å²) in [6.45, 7) is 15.7. The van der Waals surface area contributed by atoms with Gasteiger partial charge in [0.1, 0.15) is 12.0 Å². The molecule has 188 valence electrons. The standard InChI is InChI=1S/C34H40O2/c1-23(2)36-29-15-12-27(13-16-29)30(22-35)26-10-8-25(9-11-26)20-24(3)28-14-17-31-32(21-28)34(6,7)19-18-33(31,4)5/h8-17,20-23,30H,18-19H2,1-7H3/b24-20+. The molecule has 3 aromatic rings. The lowest BCUT2D eigenvalue weighted by Crippen LogP contribution is -2.33. The summed E-state index contributed by atoms with van der Waals surface area (Å²) < 4.78 is 5.73. The van der Waals surface area contributed by atoms with Crippen LogP contribution in [0.4, 0.5) is 0 Å². The molecule has 0 heterocycles. The number of benzene rings is 3. The summed E-state index contributed by atoms with van der Waals surface area (Å²) in [6, 6.07) is 23.2.